The fourth-order valence-corrected chi connectivity index (χ4v) is 3.97. The Labute approximate surface area is 136 Å². The molecule has 0 saturated carbocycles. The number of carbonyl (C=O) groups excluding carboxylic acids is 1. The number of likely N-dealkylation sites (tertiary alicyclic amines) is 1. The molecule has 2 atom stereocenters. The molecule has 0 aromatic carbocycles. The van der Waals surface area contributed by atoms with E-state index in [1.807, 2.05) is 4.90 Å². The highest BCUT2D eigenvalue weighted by Gasteiger charge is 2.30. The van der Waals surface area contributed by atoms with Gasteiger partial charge in [-0.05, 0) is 32.1 Å². The normalized spacial score (nSPS) is 27.2. The monoisotopic (exact) mass is 319 g/mol. The number of nitrogens with one attached hydrogen (secondary N) is 1. The van der Waals surface area contributed by atoms with Gasteiger partial charge in [0.05, 0.1) is 6.10 Å². The summed E-state index contributed by atoms with van der Waals surface area (Å²) in [6.07, 6.45) is 6.66. The standard InChI is InChI=1S/C16H25N5O2/c22-16(17-10-13-5-3-9-23-13)20-7-1-4-12(11-20)15-19-18-14-6-2-8-21(14)15/h12-13H,1-11H2,(H,17,22)/t12-,13+/m1/s1. The first-order chi connectivity index (χ1) is 11.3. The van der Waals surface area contributed by atoms with Crippen LogP contribution in [0.5, 0.6) is 0 Å². The Morgan fingerprint density at radius 3 is 3.04 bits per heavy atom. The van der Waals surface area contributed by atoms with Gasteiger partial charge in [0.25, 0.3) is 0 Å². The summed E-state index contributed by atoms with van der Waals surface area (Å²) in [7, 11) is 0. The van der Waals surface area contributed by atoms with E-state index >= 15 is 0 Å². The quantitative estimate of drug-likeness (QED) is 0.911. The van der Waals surface area contributed by atoms with Gasteiger partial charge in [0.2, 0.25) is 0 Å². The SMILES string of the molecule is O=C(NC[C@@H]1CCCO1)N1CCC[C@@H](c2nnc3n2CCC3)C1. The van der Waals surface area contributed by atoms with E-state index in [9.17, 15) is 4.79 Å². The minimum absolute atomic E-state index is 0.0337. The average Bonchev–Trinajstić information content (AvgIpc) is 3.30. The third-order valence-electron chi connectivity index (χ3n) is 5.22. The summed E-state index contributed by atoms with van der Waals surface area (Å²) in [5.41, 5.74) is 0. The number of carbonyl (C=O) groups is 1. The van der Waals surface area contributed by atoms with E-state index in [1.165, 1.54) is 0 Å². The molecule has 126 valence electrons. The second kappa shape index (κ2) is 6.47. The van der Waals surface area contributed by atoms with Crippen LogP contribution in [0.15, 0.2) is 0 Å². The molecule has 3 aliphatic rings. The zero-order valence-electron chi connectivity index (χ0n) is 13.5. The van der Waals surface area contributed by atoms with Gasteiger partial charge in [-0.3, -0.25) is 0 Å². The van der Waals surface area contributed by atoms with E-state index in [0.717, 1.165) is 76.4 Å². The van der Waals surface area contributed by atoms with Gasteiger partial charge in [0, 0.05) is 45.1 Å². The Morgan fingerprint density at radius 2 is 2.17 bits per heavy atom. The maximum atomic E-state index is 12.4. The summed E-state index contributed by atoms with van der Waals surface area (Å²) >= 11 is 0. The molecule has 1 aromatic rings. The lowest BCUT2D eigenvalue weighted by Gasteiger charge is -2.32. The van der Waals surface area contributed by atoms with E-state index in [0.29, 0.717) is 12.5 Å². The first-order valence-corrected chi connectivity index (χ1v) is 8.87. The van der Waals surface area contributed by atoms with Crippen molar-refractivity contribution in [1.82, 2.24) is 25.0 Å². The molecule has 4 rings (SSSR count). The van der Waals surface area contributed by atoms with Crippen LogP contribution in [0.4, 0.5) is 4.79 Å². The Bertz CT molecular complexity index is 567. The smallest absolute Gasteiger partial charge is 0.317 e. The van der Waals surface area contributed by atoms with Crippen LogP contribution in [0.25, 0.3) is 0 Å². The number of amides is 2. The number of hydrogen-bond acceptors (Lipinski definition) is 4. The summed E-state index contributed by atoms with van der Waals surface area (Å²) in [4.78, 5) is 14.4. The molecule has 7 nitrogen and oxygen atoms in total. The van der Waals surface area contributed by atoms with Gasteiger partial charge in [-0.15, -0.1) is 10.2 Å². The van der Waals surface area contributed by atoms with E-state index in [2.05, 4.69) is 20.1 Å². The van der Waals surface area contributed by atoms with Crippen molar-refractivity contribution in [3.05, 3.63) is 11.6 Å². The van der Waals surface area contributed by atoms with Crippen LogP contribution in [0, 0.1) is 0 Å². The van der Waals surface area contributed by atoms with E-state index < -0.39 is 0 Å². The molecule has 2 saturated heterocycles. The second-order valence-electron chi connectivity index (χ2n) is 6.84. The molecule has 2 fully saturated rings. The number of fused-ring (bicyclic) bond motifs is 1. The molecular weight excluding hydrogens is 294 g/mol. The van der Waals surface area contributed by atoms with Crippen molar-refractivity contribution in [2.45, 2.75) is 57.1 Å². The highest BCUT2D eigenvalue weighted by atomic mass is 16.5. The molecular formula is C16H25N5O2. The van der Waals surface area contributed by atoms with Gasteiger partial charge in [-0.25, -0.2) is 4.79 Å². The van der Waals surface area contributed by atoms with Crippen molar-refractivity contribution in [3.8, 4) is 0 Å². The van der Waals surface area contributed by atoms with E-state index in [-0.39, 0.29) is 12.1 Å². The average molecular weight is 319 g/mol. The fraction of sp³-hybridized carbons (Fsp3) is 0.812. The minimum atomic E-state index is 0.0337. The zero-order chi connectivity index (χ0) is 15.6. The number of hydrogen-bond donors (Lipinski definition) is 1. The number of piperidine rings is 1. The molecule has 23 heavy (non-hydrogen) atoms. The molecule has 3 aliphatic heterocycles. The molecule has 2 amide bonds. The predicted octanol–water partition coefficient (Wildman–Crippen LogP) is 1.29. The van der Waals surface area contributed by atoms with Gasteiger partial charge >= 0.3 is 6.03 Å². The lowest BCUT2D eigenvalue weighted by atomic mass is 9.97. The number of aryl methyl sites for hydroxylation is 1. The second-order valence-corrected chi connectivity index (χ2v) is 6.84. The summed E-state index contributed by atoms with van der Waals surface area (Å²) < 4.78 is 7.83. The van der Waals surface area contributed by atoms with Crippen LogP contribution < -0.4 is 5.32 Å². The van der Waals surface area contributed by atoms with Crippen LogP contribution in [-0.2, 0) is 17.7 Å². The predicted molar refractivity (Wildman–Crippen MR) is 84.3 cm³/mol. The Balaban J connectivity index is 1.35. The lowest BCUT2D eigenvalue weighted by Crippen LogP contribution is -2.47. The Hall–Kier alpha value is -1.63. The molecule has 1 aromatic heterocycles. The largest absolute Gasteiger partial charge is 0.376 e. The first kappa shape index (κ1) is 14.9. The molecule has 0 bridgehead atoms. The zero-order valence-corrected chi connectivity index (χ0v) is 13.5. The van der Waals surface area contributed by atoms with Crippen molar-refractivity contribution < 1.29 is 9.53 Å². The summed E-state index contributed by atoms with van der Waals surface area (Å²) in [6, 6.07) is 0.0337. The van der Waals surface area contributed by atoms with Crippen molar-refractivity contribution in [3.63, 3.8) is 0 Å². The number of nitrogens with zero attached hydrogens (tertiary/aromatic N) is 4. The van der Waals surface area contributed by atoms with Crippen LogP contribution in [0.3, 0.4) is 0 Å². The summed E-state index contributed by atoms with van der Waals surface area (Å²) in [5.74, 6) is 2.51. The van der Waals surface area contributed by atoms with Gasteiger partial charge in [0.1, 0.15) is 11.6 Å². The van der Waals surface area contributed by atoms with Gasteiger partial charge in [-0.1, -0.05) is 0 Å². The third kappa shape index (κ3) is 3.06. The molecule has 0 unspecified atom stereocenters. The minimum Gasteiger partial charge on any atom is -0.376 e. The Kier molecular flexibility index (Phi) is 4.20. The van der Waals surface area contributed by atoms with Gasteiger partial charge < -0.3 is 19.5 Å². The number of ether oxygens (including phenoxy) is 1. The van der Waals surface area contributed by atoms with E-state index in [4.69, 9.17) is 4.74 Å². The molecule has 0 aliphatic carbocycles. The third-order valence-corrected chi connectivity index (χ3v) is 5.22. The van der Waals surface area contributed by atoms with Crippen molar-refractivity contribution in [1.29, 1.82) is 0 Å². The summed E-state index contributed by atoms with van der Waals surface area (Å²) in [5, 5.41) is 11.7. The number of aromatic nitrogens is 3. The topological polar surface area (TPSA) is 72.3 Å². The number of rotatable bonds is 3. The molecule has 1 N–H and O–H groups in total. The highest BCUT2D eigenvalue weighted by molar-refractivity contribution is 5.74. The summed E-state index contributed by atoms with van der Waals surface area (Å²) in [6.45, 7) is 4.05. The van der Waals surface area contributed by atoms with Crippen molar-refractivity contribution in [2.24, 2.45) is 0 Å². The molecule has 4 heterocycles. The van der Waals surface area contributed by atoms with Crippen molar-refractivity contribution >= 4 is 6.03 Å². The van der Waals surface area contributed by atoms with Crippen molar-refractivity contribution in [2.75, 3.05) is 26.2 Å². The van der Waals surface area contributed by atoms with Crippen LogP contribution in [0.2, 0.25) is 0 Å². The number of urea groups is 1. The van der Waals surface area contributed by atoms with Crippen LogP contribution >= 0.6 is 0 Å². The Morgan fingerprint density at radius 1 is 1.22 bits per heavy atom. The van der Waals surface area contributed by atoms with Gasteiger partial charge in [0.15, 0.2) is 0 Å². The maximum absolute atomic E-state index is 12.4. The van der Waals surface area contributed by atoms with Gasteiger partial charge in [-0.2, -0.15) is 0 Å². The maximum Gasteiger partial charge on any atom is 0.317 e. The lowest BCUT2D eigenvalue weighted by molar-refractivity contribution is 0.107. The molecule has 0 spiro atoms. The fourth-order valence-electron chi connectivity index (χ4n) is 3.97. The highest BCUT2D eigenvalue weighted by Crippen LogP contribution is 2.28. The van der Waals surface area contributed by atoms with E-state index in [1.54, 1.807) is 0 Å². The van der Waals surface area contributed by atoms with Crippen LogP contribution in [0.1, 0.15) is 49.7 Å². The van der Waals surface area contributed by atoms with Crippen LogP contribution in [-0.4, -0.2) is 58.0 Å². The molecule has 7 heteroatoms. The first-order valence-electron chi connectivity index (χ1n) is 8.87. The molecule has 0 radical (unpaired) electrons.